The highest BCUT2D eigenvalue weighted by molar-refractivity contribution is 7.10. The van der Waals surface area contributed by atoms with Crippen molar-refractivity contribution in [3.05, 3.63) is 74.1 Å². The number of benzene rings is 1. The zero-order chi connectivity index (χ0) is 18.9. The first-order valence-corrected chi connectivity index (χ1v) is 11.0. The fourth-order valence-corrected chi connectivity index (χ4v) is 5.49. The molecule has 2 aliphatic heterocycles. The molecule has 0 spiro atoms. The molecule has 2 aliphatic rings. The van der Waals surface area contributed by atoms with E-state index in [1.54, 1.807) is 28.7 Å². The van der Waals surface area contributed by atoms with Crippen LogP contribution in [0.1, 0.15) is 26.9 Å². The number of nitrogens with zero attached hydrogens (tertiary/aromatic N) is 1. The van der Waals surface area contributed by atoms with E-state index in [1.807, 2.05) is 35.2 Å². The molecular formula is C22H19NO3S2. The van der Waals surface area contributed by atoms with Crippen LogP contribution in [0.3, 0.4) is 0 Å². The van der Waals surface area contributed by atoms with Crippen molar-refractivity contribution in [2.24, 2.45) is 0 Å². The second-order valence-corrected chi connectivity index (χ2v) is 8.72. The van der Waals surface area contributed by atoms with Crippen LogP contribution in [0.5, 0.6) is 11.5 Å². The van der Waals surface area contributed by atoms with E-state index in [1.165, 1.54) is 15.3 Å². The SMILES string of the molecule is O=C(C=Cc1ccc2c(c1)OCCO2)N1CCc2sccc2C1c1cccs1. The Morgan fingerprint density at radius 3 is 2.82 bits per heavy atom. The van der Waals surface area contributed by atoms with Crippen molar-refractivity contribution in [1.29, 1.82) is 0 Å². The average Bonchev–Trinajstić information content (AvgIpc) is 3.43. The van der Waals surface area contributed by atoms with Gasteiger partial charge in [0.25, 0.3) is 0 Å². The molecule has 1 amide bonds. The molecule has 0 bridgehead atoms. The predicted molar refractivity (Wildman–Crippen MR) is 112 cm³/mol. The third kappa shape index (κ3) is 3.23. The quantitative estimate of drug-likeness (QED) is 0.585. The Hall–Kier alpha value is -2.57. The molecule has 4 nitrogen and oxygen atoms in total. The van der Waals surface area contributed by atoms with Crippen LogP contribution < -0.4 is 9.47 Å². The number of carbonyl (C=O) groups excluding carboxylic acids is 1. The summed E-state index contributed by atoms with van der Waals surface area (Å²) in [6.45, 7) is 1.86. The molecule has 1 aromatic carbocycles. The van der Waals surface area contributed by atoms with E-state index >= 15 is 0 Å². The van der Waals surface area contributed by atoms with Crippen molar-refractivity contribution in [2.75, 3.05) is 19.8 Å². The molecule has 0 fully saturated rings. The summed E-state index contributed by atoms with van der Waals surface area (Å²) >= 11 is 3.49. The molecule has 4 heterocycles. The van der Waals surface area contributed by atoms with Gasteiger partial charge in [-0.25, -0.2) is 0 Å². The van der Waals surface area contributed by atoms with Gasteiger partial charge in [-0.05, 0) is 58.6 Å². The van der Waals surface area contributed by atoms with Gasteiger partial charge >= 0.3 is 0 Å². The number of carbonyl (C=O) groups is 1. The highest BCUT2D eigenvalue weighted by Gasteiger charge is 2.32. The summed E-state index contributed by atoms with van der Waals surface area (Å²) < 4.78 is 11.2. The average molecular weight is 410 g/mol. The molecule has 2 aromatic heterocycles. The molecule has 0 radical (unpaired) electrons. The van der Waals surface area contributed by atoms with Crippen molar-refractivity contribution in [2.45, 2.75) is 12.5 Å². The number of hydrogen-bond acceptors (Lipinski definition) is 5. The normalized spacial score (nSPS) is 18.3. The van der Waals surface area contributed by atoms with Gasteiger partial charge in [0.1, 0.15) is 13.2 Å². The predicted octanol–water partition coefficient (Wildman–Crippen LogP) is 4.77. The number of hydrogen-bond donors (Lipinski definition) is 0. The third-order valence-corrected chi connectivity index (χ3v) is 6.97. The maximum absolute atomic E-state index is 13.1. The summed E-state index contributed by atoms with van der Waals surface area (Å²) in [5, 5.41) is 4.20. The summed E-state index contributed by atoms with van der Waals surface area (Å²) in [5.74, 6) is 1.52. The standard InChI is InChI=1S/C22H19NO3S2/c24-21(6-4-15-3-5-17-18(14-15)26-11-10-25-17)23-9-7-19-16(8-13-28-19)22(23)20-2-1-12-27-20/h1-6,8,12-14,22H,7,9-11H2. The fourth-order valence-electron chi connectivity index (χ4n) is 3.73. The maximum atomic E-state index is 13.1. The van der Waals surface area contributed by atoms with Crippen molar-refractivity contribution in [3.8, 4) is 11.5 Å². The second kappa shape index (κ2) is 7.45. The maximum Gasteiger partial charge on any atom is 0.247 e. The first-order chi connectivity index (χ1) is 13.8. The van der Waals surface area contributed by atoms with E-state index < -0.39 is 0 Å². The van der Waals surface area contributed by atoms with E-state index in [0.717, 1.165) is 30.0 Å². The van der Waals surface area contributed by atoms with Gasteiger partial charge in [0, 0.05) is 22.4 Å². The van der Waals surface area contributed by atoms with Crippen molar-refractivity contribution in [3.63, 3.8) is 0 Å². The van der Waals surface area contributed by atoms with E-state index in [-0.39, 0.29) is 11.9 Å². The van der Waals surface area contributed by atoms with Crippen molar-refractivity contribution < 1.29 is 14.3 Å². The van der Waals surface area contributed by atoms with Gasteiger partial charge in [0.2, 0.25) is 5.91 Å². The van der Waals surface area contributed by atoms with Gasteiger partial charge in [-0.2, -0.15) is 0 Å². The molecule has 6 heteroatoms. The molecule has 0 aliphatic carbocycles. The Labute approximate surface area is 171 Å². The topological polar surface area (TPSA) is 38.8 Å². The van der Waals surface area contributed by atoms with Gasteiger partial charge in [-0.3, -0.25) is 4.79 Å². The summed E-state index contributed by atoms with van der Waals surface area (Å²) in [5.41, 5.74) is 2.19. The van der Waals surface area contributed by atoms with Crippen molar-refractivity contribution >= 4 is 34.7 Å². The molecule has 0 saturated carbocycles. The Balaban J connectivity index is 1.40. The summed E-state index contributed by atoms with van der Waals surface area (Å²) in [4.78, 5) is 17.7. The molecule has 0 N–H and O–H groups in total. The van der Waals surface area contributed by atoms with Crippen LogP contribution in [0.25, 0.3) is 6.08 Å². The molecule has 1 unspecified atom stereocenters. The first-order valence-electron chi connectivity index (χ1n) is 9.27. The van der Waals surface area contributed by atoms with Crippen LogP contribution in [-0.4, -0.2) is 30.6 Å². The highest BCUT2D eigenvalue weighted by Crippen LogP contribution is 2.39. The van der Waals surface area contributed by atoms with Crippen LogP contribution in [0.4, 0.5) is 0 Å². The van der Waals surface area contributed by atoms with E-state index in [9.17, 15) is 4.79 Å². The molecular weight excluding hydrogens is 390 g/mol. The lowest BCUT2D eigenvalue weighted by Crippen LogP contribution is -2.38. The molecule has 28 heavy (non-hydrogen) atoms. The fraction of sp³-hybridized carbons (Fsp3) is 0.227. The molecule has 1 atom stereocenters. The monoisotopic (exact) mass is 409 g/mol. The minimum Gasteiger partial charge on any atom is -0.486 e. The summed E-state index contributed by atoms with van der Waals surface area (Å²) in [6.07, 6.45) is 4.44. The Morgan fingerprint density at radius 2 is 1.96 bits per heavy atom. The lowest BCUT2D eigenvalue weighted by molar-refractivity contribution is -0.127. The molecule has 3 aromatic rings. The minimum absolute atomic E-state index is 0.00687. The van der Waals surface area contributed by atoms with E-state index in [2.05, 4.69) is 22.9 Å². The molecule has 5 rings (SSSR count). The summed E-state index contributed by atoms with van der Waals surface area (Å²) in [7, 11) is 0. The second-order valence-electron chi connectivity index (χ2n) is 6.74. The van der Waals surface area contributed by atoms with Crippen LogP contribution >= 0.6 is 22.7 Å². The number of fused-ring (bicyclic) bond motifs is 2. The minimum atomic E-state index is 0.00687. The van der Waals surface area contributed by atoms with Gasteiger partial charge in [-0.1, -0.05) is 12.1 Å². The Morgan fingerprint density at radius 1 is 1.07 bits per heavy atom. The van der Waals surface area contributed by atoms with E-state index in [0.29, 0.717) is 13.2 Å². The van der Waals surface area contributed by atoms with Crippen LogP contribution in [0.15, 0.2) is 53.2 Å². The van der Waals surface area contributed by atoms with Crippen LogP contribution in [-0.2, 0) is 11.2 Å². The van der Waals surface area contributed by atoms with Crippen LogP contribution in [0, 0.1) is 0 Å². The highest BCUT2D eigenvalue weighted by atomic mass is 32.1. The number of thiophene rings is 2. The van der Waals surface area contributed by atoms with E-state index in [4.69, 9.17) is 9.47 Å². The first kappa shape index (κ1) is 17.5. The van der Waals surface area contributed by atoms with Gasteiger partial charge in [0.15, 0.2) is 11.5 Å². The summed E-state index contributed by atoms with van der Waals surface area (Å²) in [6, 6.07) is 12.1. The van der Waals surface area contributed by atoms with Crippen LogP contribution in [0.2, 0.25) is 0 Å². The zero-order valence-electron chi connectivity index (χ0n) is 15.2. The zero-order valence-corrected chi connectivity index (χ0v) is 16.8. The lowest BCUT2D eigenvalue weighted by Gasteiger charge is -2.34. The third-order valence-electron chi connectivity index (χ3n) is 5.05. The lowest BCUT2D eigenvalue weighted by atomic mass is 9.98. The van der Waals surface area contributed by atoms with Gasteiger partial charge in [-0.15, -0.1) is 22.7 Å². The number of ether oxygens (including phenoxy) is 2. The van der Waals surface area contributed by atoms with Crippen molar-refractivity contribution in [1.82, 2.24) is 4.90 Å². The number of amides is 1. The largest absolute Gasteiger partial charge is 0.486 e. The molecule has 142 valence electrons. The Bertz CT molecular complexity index is 1020. The number of rotatable bonds is 3. The van der Waals surface area contributed by atoms with Gasteiger partial charge < -0.3 is 14.4 Å². The van der Waals surface area contributed by atoms with Gasteiger partial charge in [0.05, 0.1) is 6.04 Å². The molecule has 0 saturated heterocycles. The smallest absolute Gasteiger partial charge is 0.247 e. The Kier molecular flexibility index (Phi) is 4.66.